The van der Waals surface area contributed by atoms with Crippen molar-refractivity contribution in [2.75, 3.05) is 13.2 Å². The molecule has 1 N–H and O–H groups in total. The summed E-state index contributed by atoms with van der Waals surface area (Å²) >= 11 is 0. The zero-order valence-electron chi connectivity index (χ0n) is 18.5. The number of benzene rings is 1. The molecule has 5 nitrogen and oxygen atoms in total. The lowest BCUT2D eigenvalue weighted by Gasteiger charge is -2.13. The minimum Gasteiger partial charge on any atom is -0.508 e. The topological polar surface area (TPSA) is 68.9 Å². The minimum atomic E-state index is -0.585. The molecule has 0 amide bonds. The third kappa shape index (κ3) is 7.77. The Morgan fingerprint density at radius 3 is 2.33 bits per heavy atom. The van der Waals surface area contributed by atoms with Crippen molar-refractivity contribution in [3.63, 3.8) is 0 Å². The maximum absolute atomic E-state index is 12.5. The van der Waals surface area contributed by atoms with Crippen molar-refractivity contribution in [3.05, 3.63) is 40.8 Å². The predicted octanol–water partition coefficient (Wildman–Crippen LogP) is 6.75. The van der Waals surface area contributed by atoms with Gasteiger partial charge in [-0.3, -0.25) is 0 Å². The largest absolute Gasteiger partial charge is 0.508 e. The van der Waals surface area contributed by atoms with Crippen molar-refractivity contribution >= 4 is 11.0 Å². The van der Waals surface area contributed by atoms with Gasteiger partial charge in [0.05, 0.1) is 18.6 Å². The first-order valence-corrected chi connectivity index (χ1v) is 11.4. The number of rotatable bonds is 15. The van der Waals surface area contributed by atoms with Gasteiger partial charge in [-0.25, -0.2) is 4.79 Å². The average Bonchev–Trinajstić information content (AvgIpc) is 2.73. The number of fused-ring (bicyclic) bond motifs is 1. The van der Waals surface area contributed by atoms with Crippen LogP contribution in [-0.4, -0.2) is 18.3 Å². The van der Waals surface area contributed by atoms with Gasteiger partial charge in [0, 0.05) is 6.07 Å². The summed E-state index contributed by atoms with van der Waals surface area (Å²) in [4.78, 5) is 12.5. The molecule has 0 radical (unpaired) electrons. The van der Waals surface area contributed by atoms with Gasteiger partial charge in [-0.15, -0.1) is 0 Å². The second-order valence-corrected chi connectivity index (χ2v) is 7.57. The van der Waals surface area contributed by atoms with Gasteiger partial charge < -0.3 is 19.0 Å². The zero-order valence-corrected chi connectivity index (χ0v) is 18.5. The molecule has 1 aromatic heterocycles. The van der Waals surface area contributed by atoms with E-state index in [2.05, 4.69) is 19.9 Å². The van der Waals surface area contributed by atoms with Crippen LogP contribution < -0.4 is 15.1 Å². The zero-order chi connectivity index (χ0) is 21.6. The van der Waals surface area contributed by atoms with Crippen LogP contribution in [0.5, 0.6) is 17.2 Å². The van der Waals surface area contributed by atoms with Crippen molar-refractivity contribution in [2.24, 2.45) is 0 Å². The van der Waals surface area contributed by atoms with Crippen LogP contribution >= 0.6 is 0 Å². The van der Waals surface area contributed by atoms with Gasteiger partial charge in [-0.2, -0.15) is 0 Å². The van der Waals surface area contributed by atoms with Gasteiger partial charge in [-0.05, 0) is 31.4 Å². The lowest BCUT2D eigenvalue weighted by molar-refractivity contribution is 0.258. The van der Waals surface area contributed by atoms with Crippen molar-refractivity contribution in [1.29, 1.82) is 0 Å². The Bertz CT molecular complexity index is 837. The molecule has 0 atom stereocenters. The van der Waals surface area contributed by atoms with E-state index in [4.69, 9.17) is 13.9 Å². The van der Waals surface area contributed by atoms with Gasteiger partial charge in [0.15, 0.2) is 5.75 Å². The van der Waals surface area contributed by atoms with Gasteiger partial charge in [0.25, 0.3) is 0 Å². The quantitative estimate of drug-likeness (QED) is 0.197. The Morgan fingerprint density at radius 2 is 1.60 bits per heavy atom. The summed E-state index contributed by atoms with van der Waals surface area (Å²) < 4.78 is 17.1. The summed E-state index contributed by atoms with van der Waals surface area (Å²) in [5.74, 6) is 0.555. The van der Waals surface area contributed by atoms with Crippen molar-refractivity contribution in [1.82, 2.24) is 0 Å². The molecule has 30 heavy (non-hydrogen) atoms. The first-order valence-electron chi connectivity index (χ1n) is 11.4. The summed E-state index contributed by atoms with van der Waals surface area (Å²) in [5.41, 5.74) is -0.289. The Morgan fingerprint density at radius 1 is 0.900 bits per heavy atom. The highest BCUT2D eigenvalue weighted by atomic mass is 16.5. The standard InChI is InChI=1S/C25H36O5/c1-3-5-7-9-10-11-12-14-17-28-23-21-16-15-20(26)19-22(21)30-25(27)24(23)29-18-13-8-6-4-2/h6,8,15-16,19,26H,3-5,7,9-14,17-18H2,1-2H3/b8-6+. The molecule has 0 unspecified atom stereocenters. The molecule has 166 valence electrons. The molecule has 2 rings (SSSR count). The normalized spacial score (nSPS) is 11.4. The van der Waals surface area contributed by atoms with Crippen molar-refractivity contribution in [2.45, 2.75) is 78.1 Å². The monoisotopic (exact) mass is 416 g/mol. The predicted molar refractivity (Wildman–Crippen MR) is 122 cm³/mol. The van der Waals surface area contributed by atoms with Gasteiger partial charge in [0.1, 0.15) is 11.3 Å². The lowest BCUT2D eigenvalue weighted by Crippen LogP contribution is -2.11. The van der Waals surface area contributed by atoms with E-state index in [-0.39, 0.29) is 11.5 Å². The molecule has 0 saturated carbocycles. The van der Waals surface area contributed by atoms with Gasteiger partial charge in [-0.1, -0.05) is 70.9 Å². The fourth-order valence-corrected chi connectivity index (χ4v) is 3.34. The summed E-state index contributed by atoms with van der Waals surface area (Å²) in [5, 5.41) is 10.3. The maximum Gasteiger partial charge on any atom is 0.383 e. The van der Waals surface area contributed by atoms with Crippen LogP contribution in [-0.2, 0) is 0 Å². The maximum atomic E-state index is 12.5. The van der Waals surface area contributed by atoms with Crippen LogP contribution in [0.2, 0.25) is 0 Å². The Hall–Kier alpha value is -2.43. The third-order valence-corrected chi connectivity index (χ3v) is 4.98. The molecule has 1 heterocycles. The molecular formula is C25H36O5. The molecule has 5 heteroatoms. The number of ether oxygens (including phenoxy) is 2. The van der Waals surface area contributed by atoms with E-state index < -0.39 is 5.63 Å². The minimum absolute atomic E-state index is 0.0399. The van der Waals surface area contributed by atoms with Crippen LogP contribution in [0.25, 0.3) is 11.0 Å². The molecular weight excluding hydrogens is 380 g/mol. The highest BCUT2D eigenvalue weighted by Crippen LogP contribution is 2.34. The van der Waals surface area contributed by atoms with Crippen LogP contribution in [0.15, 0.2) is 39.6 Å². The molecule has 0 spiro atoms. The molecule has 0 aliphatic heterocycles. The van der Waals surface area contributed by atoms with E-state index in [0.717, 1.165) is 19.3 Å². The first kappa shape index (κ1) is 23.8. The second-order valence-electron chi connectivity index (χ2n) is 7.57. The molecule has 0 bridgehead atoms. The Kier molecular flexibility index (Phi) is 10.9. The average molecular weight is 417 g/mol. The summed E-state index contributed by atoms with van der Waals surface area (Å²) in [6.07, 6.45) is 15.5. The molecule has 0 saturated heterocycles. The third-order valence-electron chi connectivity index (χ3n) is 4.98. The highest BCUT2D eigenvalue weighted by Gasteiger charge is 2.18. The summed E-state index contributed by atoms with van der Waals surface area (Å²) in [6, 6.07) is 4.67. The molecule has 0 aliphatic carbocycles. The van der Waals surface area contributed by atoms with E-state index in [0.29, 0.717) is 36.4 Å². The van der Waals surface area contributed by atoms with Crippen LogP contribution in [0.4, 0.5) is 0 Å². The molecule has 0 aliphatic rings. The Balaban J connectivity index is 2.00. The number of phenols is 1. The van der Waals surface area contributed by atoms with E-state index in [1.807, 2.05) is 6.08 Å². The number of unbranched alkanes of at least 4 members (excludes halogenated alkanes) is 7. The molecule has 2 aromatic rings. The fraction of sp³-hybridized carbons (Fsp3) is 0.560. The lowest BCUT2D eigenvalue weighted by atomic mass is 10.1. The number of allylic oxidation sites excluding steroid dienone is 1. The fourth-order valence-electron chi connectivity index (χ4n) is 3.34. The smallest absolute Gasteiger partial charge is 0.383 e. The van der Waals surface area contributed by atoms with Crippen LogP contribution in [0.1, 0.15) is 78.1 Å². The molecule has 0 fully saturated rings. The van der Waals surface area contributed by atoms with Crippen LogP contribution in [0, 0.1) is 0 Å². The number of aromatic hydroxyl groups is 1. The van der Waals surface area contributed by atoms with E-state index in [9.17, 15) is 9.90 Å². The number of phenolic OH excluding ortho intramolecular Hbond substituents is 1. The SMILES string of the molecule is CC/C=C/CCOc1c(OCCCCCCCCCC)c2ccc(O)cc2oc1=O. The van der Waals surface area contributed by atoms with Crippen molar-refractivity contribution < 1.29 is 19.0 Å². The second kappa shape index (κ2) is 13.7. The highest BCUT2D eigenvalue weighted by molar-refractivity contribution is 5.86. The van der Waals surface area contributed by atoms with E-state index >= 15 is 0 Å². The summed E-state index contributed by atoms with van der Waals surface area (Å²) in [6.45, 7) is 5.19. The Labute approximate surface area is 179 Å². The van der Waals surface area contributed by atoms with Crippen LogP contribution in [0.3, 0.4) is 0 Å². The van der Waals surface area contributed by atoms with E-state index in [1.54, 1.807) is 12.1 Å². The number of hydrogen-bond acceptors (Lipinski definition) is 5. The first-order chi connectivity index (χ1) is 14.7. The van der Waals surface area contributed by atoms with Crippen molar-refractivity contribution in [3.8, 4) is 17.2 Å². The van der Waals surface area contributed by atoms with E-state index in [1.165, 1.54) is 44.6 Å². The number of hydrogen-bond donors (Lipinski definition) is 1. The van der Waals surface area contributed by atoms with Gasteiger partial charge in [0.2, 0.25) is 5.75 Å². The summed E-state index contributed by atoms with van der Waals surface area (Å²) in [7, 11) is 0. The molecule has 1 aromatic carbocycles. The van der Waals surface area contributed by atoms with Gasteiger partial charge >= 0.3 is 5.63 Å².